The van der Waals surface area contributed by atoms with E-state index in [0.29, 0.717) is 25.9 Å². The lowest BCUT2D eigenvalue weighted by molar-refractivity contribution is -0.123. The highest BCUT2D eigenvalue weighted by Gasteiger charge is 2.28. The van der Waals surface area contributed by atoms with Crippen molar-refractivity contribution in [3.05, 3.63) is 59.7 Å². The molecule has 0 saturated carbocycles. The molecule has 3 N–H and O–H groups in total. The summed E-state index contributed by atoms with van der Waals surface area (Å²) in [4.78, 5) is 26.1. The molecule has 0 spiro atoms. The summed E-state index contributed by atoms with van der Waals surface area (Å²) in [5, 5.41) is 0. The summed E-state index contributed by atoms with van der Waals surface area (Å²) in [6, 6.07) is 13.2. The molecule has 8 heteroatoms. The standard InChI is InChI=1S/C21H25N3O4S/c1-2-15-7-9-17(10-8-15)29(27,28)23-19-6-4-3-5-18(19)21(26)24-13-11-16(12-14-24)20(22)25/h3-10,16,23H,2,11-14H2,1H3,(H2,22,25). The summed E-state index contributed by atoms with van der Waals surface area (Å²) in [6.45, 7) is 2.81. The van der Waals surface area contributed by atoms with Gasteiger partial charge in [0.1, 0.15) is 0 Å². The number of nitrogens with two attached hydrogens (primary N) is 1. The summed E-state index contributed by atoms with van der Waals surface area (Å²) in [5.74, 6) is -0.842. The Labute approximate surface area is 171 Å². The van der Waals surface area contributed by atoms with Gasteiger partial charge in [0.05, 0.1) is 16.1 Å². The average molecular weight is 416 g/mol. The fourth-order valence-corrected chi connectivity index (χ4v) is 4.48. The monoisotopic (exact) mass is 415 g/mol. The lowest BCUT2D eigenvalue weighted by Gasteiger charge is -2.31. The first kappa shape index (κ1) is 20.9. The predicted molar refractivity (Wildman–Crippen MR) is 111 cm³/mol. The maximum Gasteiger partial charge on any atom is 0.261 e. The molecule has 0 unspecified atom stereocenters. The first-order chi connectivity index (χ1) is 13.8. The van der Waals surface area contributed by atoms with E-state index in [9.17, 15) is 18.0 Å². The second kappa shape index (κ2) is 8.65. The number of carbonyl (C=O) groups excluding carboxylic acids is 2. The Morgan fingerprint density at radius 1 is 1.07 bits per heavy atom. The number of nitrogens with zero attached hydrogens (tertiary/aromatic N) is 1. The zero-order valence-electron chi connectivity index (χ0n) is 16.3. The largest absolute Gasteiger partial charge is 0.369 e. The molecule has 2 aromatic rings. The molecule has 0 aliphatic carbocycles. The molecule has 2 amide bonds. The molecule has 0 aromatic heterocycles. The molecule has 0 atom stereocenters. The van der Waals surface area contributed by atoms with Gasteiger partial charge < -0.3 is 10.6 Å². The Bertz CT molecular complexity index is 995. The van der Waals surface area contributed by atoms with Gasteiger partial charge in [-0.3, -0.25) is 14.3 Å². The van der Waals surface area contributed by atoms with Gasteiger partial charge in [-0.1, -0.05) is 31.2 Å². The topological polar surface area (TPSA) is 110 Å². The van der Waals surface area contributed by atoms with Gasteiger partial charge in [-0.15, -0.1) is 0 Å². The predicted octanol–water partition coefficient (Wildman–Crippen LogP) is 2.39. The molecule has 7 nitrogen and oxygen atoms in total. The number of carbonyl (C=O) groups is 2. The number of benzene rings is 2. The molecule has 2 aromatic carbocycles. The molecule has 29 heavy (non-hydrogen) atoms. The van der Waals surface area contributed by atoms with E-state index in [4.69, 9.17) is 5.73 Å². The highest BCUT2D eigenvalue weighted by molar-refractivity contribution is 7.92. The van der Waals surface area contributed by atoms with Gasteiger partial charge in [-0.25, -0.2) is 8.42 Å². The van der Waals surface area contributed by atoms with Crippen LogP contribution < -0.4 is 10.5 Å². The molecule has 1 fully saturated rings. The first-order valence-electron chi connectivity index (χ1n) is 9.61. The Morgan fingerprint density at radius 2 is 1.69 bits per heavy atom. The van der Waals surface area contributed by atoms with E-state index in [0.717, 1.165) is 12.0 Å². The fraction of sp³-hybridized carbons (Fsp3) is 0.333. The fourth-order valence-electron chi connectivity index (χ4n) is 3.40. The normalized spacial score (nSPS) is 15.1. The van der Waals surface area contributed by atoms with Crippen molar-refractivity contribution >= 4 is 27.5 Å². The maximum absolute atomic E-state index is 13.0. The summed E-state index contributed by atoms with van der Waals surface area (Å²) in [6.07, 6.45) is 1.84. The molecule has 154 valence electrons. The van der Waals surface area contributed by atoms with Crippen molar-refractivity contribution < 1.29 is 18.0 Å². The van der Waals surface area contributed by atoms with Gasteiger partial charge in [-0.05, 0) is 49.1 Å². The highest BCUT2D eigenvalue weighted by Crippen LogP contribution is 2.24. The van der Waals surface area contributed by atoms with Gasteiger partial charge in [0.25, 0.3) is 15.9 Å². The third-order valence-corrected chi connectivity index (χ3v) is 6.61. The Kier molecular flexibility index (Phi) is 6.22. The number of rotatable bonds is 6. The number of primary amides is 1. The first-order valence-corrected chi connectivity index (χ1v) is 11.1. The average Bonchev–Trinajstić information content (AvgIpc) is 2.73. The summed E-state index contributed by atoms with van der Waals surface area (Å²) < 4.78 is 28.1. The summed E-state index contributed by atoms with van der Waals surface area (Å²) in [5.41, 5.74) is 6.90. The second-order valence-corrected chi connectivity index (χ2v) is 8.80. The lowest BCUT2D eigenvalue weighted by Crippen LogP contribution is -2.42. The van der Waals surface area contributed by atoms with Crippen LogP contribution in [0, 0.1) is 5.92 Å². The van der Waals surface area contributed by atoms with Crippen molar-refractivity contribution in [1.29, 1.82) is 0 Å². The van der Waals surface area contributed by atoms with Crippen molar-refractivity contribution in [2.24, 2.45) is 11.7 Å². The number of aryl methyl sites for hydroxylation is 1. The second-order valence-electron chi connectivity index (χ2n) is 7.12. The number of piperidine rings is 1. The maximum atomic E-state index is 13.0. The number of amides is 2. The third kappa shape index (κ3) is 4.76. The van der Waals surface area contributed by atoms with Crippen LogP contribution in [-0.2, 0) is 21.2 Å². The molecular weight excluding hydrogens is 390 g/mol. The molecule has 3 rings (SSSR count). The van der Waals surface area contributed by atoms with Crippen LogP contribution in [0.2, 0.25) is 0 Å². The van der Waals surface area contributed by atoms with Crippen LogP contribution >= 0.6 is 0 Å². The van der Waals surface area contributed by atoms with E-state index < -0.39 is 10.0 Å². The van der Waals surface area contributed by atoms with Crippen LogP contribution in [0.3, 0.4) is 0 Å². The Morgan fingerprint density at radius 3 is 2.28 bits per heavy atom. The SMILES string of the molecule is CCc1ccc(S(=O)(=O)Nc2ccccc2C(=O)N2CCC(C(N)=O)CC2)cc1. The van der Waals surface area contributed by atoms with Gasteiger partial charge in [-0.2, -0.15) is 0 Å². The van der Waals surface area contributed by atoms with Gasteiger partial charge >= 0.3 is 0 Å². The van der Waals surface area contributed by atoms with E-state index in [1.165, 1.54) is 0 Å². The number of para-hydroxylation sites is 1. The van der Waals surface area contributed by atoms with Crippen molar-refractivity contribution in [2.45, 2.75) is 31.1 Å². The van der Waals surface area contributed by atoms with E-state index >= 15 is 0 Å². The van der Waals surface area contributed by atoms with Crippen LogP contribution in [0.4, 0.5) is 5.69 Å². The third-order valence-electron chi connectivity index (χ3n) is 5.23. The van der Waals surface area contributed by atoms with E-state index in [1.54, 1.807) is 53.4 Å². The van der Waals surface area contributed by atoms with Crippen molar-refractivity contribution in [3.63, 3.8) is 0 Å². The summed E-state index contributed by atoms with van der Waals surface area (Å²) in [7, 11) is -3.83. The van der Waals surface area contributed by atoms with Crippen LogP contribution in [0.15, 0.2) is 53.4 Å². The minimum Gasteiger partial charge on any atom is -0.369 e. The van der Waals surface area contributed by atoms with Crippen LogP contribution in [-0.4, -0.2) is 38.2 Å². The van der Waals surface area contributed by atoms with E-state index in [-0.39, 0.29) is 33.9 Å². The van der Waals surface area contributed by atoms with Crippen molar-refractivity contribution in [1.82, 2.24) is 4.90 Å². The number of anilines is 1. The minimum atomic E-state index is -3.83. The zero-order chi connectivity index (χ0) is 21.0. The molecular formula is C21H25N3O4S. The lowest BCUT2D eigenvalue weighted by atomic mass is 9.96. The van der Waals surface area contributed by atoms with E-state index in [2.05, 4.69) is 4.72 Å². The van der Waals surface area contributed by atoms with Gasteiger partial charge in [0, 0.05) is 19.0 Å². The number of hydrogen-bond donors (Lipinski definition) is 2. The van der Waals surface area contributed by atoms with Crippen molar-refractivity contribution in [2.75, 3.05) is 17.8 Å². The Balaban J connectivity index is 1.79. The minimum absolute atomic E-state index is 0.138. The van der Waals surface area contributed by atoms with Crippen molar-refractivity contribution in [3.8, 4) is 0 Å². The molecule has 0 bridgehead atoms. The van der Waals surface area contributed by atoms with Gasteiger partial charge in [0.2, 0.25) is 5.91 Å². The number of likely N-dealkylation sites (tertiary alicyclic amines) is 1. The smallest absolute Gasteiger partial charge is 0.261 e. The zero-order valence-corrected chi connectivity index (χ0v) is 17.1. The molecule has 1 aliphatic heterocycles. The van der Waals surface area contributed by atoms with Gasteiger partial charge in [0.15, 0.2) is 0 Å². The molecule has 1 heterocycles. The number of nitrogens with one attached hydrogen (secondary N) is 1. The van der Waals surface area contributed by atoms with E-state index in [1.807, 2.05) is 6.92 Å². The summed E-state index contributed by atoms with van der Waals surface area (Å²) >= 11 is 0. The van der Waals surface area contributed by atoms with Crippen LogP contribution in [0.5, 0.6) is 0 Å². The quantitative estimate of drug-likeness (QED) is 0.755. The van der Waals surface area contributed by atoms with Crippen LogP contribution in [0.1, 0.15) is 35.7 Å². The van der Waals surface area contributed by atoms with Crippen LogP contribution in [0.25, 0.3) is 0 Å². The molecule has 0 radical (unpaired) electrons. The molecule has 1 saturated heterocycles. The number of hydrogen-bond acceptors (Lipinski definition) is 4. The number of sulfonamides is 1. The highest BCUT2D eigenvalue weighted by atomic mass is 32.2. The molecule has 1 aliphatic rings. The Hall–Kier alpha value is -2.87.